The zero-order valence-electron chi connectivity index (χ0n) is 12.6. The Labute approximate surface area is 133 Å². The molecule has 0 radical (unpaired) electrons. The van der Waals surface area contributed by atoms with Gasteiger partial charge in [0, 0.05) is 24.4 Å². The number of rotatable bonds is 5. The van der Waals surface area contributed by atoms with Crippen molar-refractivity contribution in [2.24, 2.45) is 16.7 Å². The van der Waals surface area contributed by atoms with Gasteiger partial charge < -0.3 is 9.84 Å². The maximum Gasteiger partial charge on any atom is 0.339 e. The largest absolute Gasteiger partial charge is 0.478 e. The van der Waals surface area contributed by atoms with E-state index < -0.39 is 5.97 Å². The fourth-order valence-electron chi connectivity index (χ4n) is 4.54. The highest BCUT2D eigenvalue weighted by Crippen LogP contribution is 2.92. The summed E-state index contributed by atoms with van der Waals surface area (Å²) in [5, 5.41) is 13.6. The molecule has 0 amide bonds. The number of nitrogens with zero attached hydrogens (tertiary/aromatic N) is 3. The van der Waals surface area contributed by atoms with Gasteiger partial charge in [-0.2, -0.15) is 0 Å². The molecule has 3 saturated carbocycles. The molecule has 0 unspecified atom stereocenters. The predicted molar refractivity (Wildman–Crippen MR) is 80.6 cm³/mol. The molecule has 3 aliphatic rings. The molecule has 3 fully saturated rings. The van der Waals surface area contributed by atoms with Gasteiger partial charge in [-0.15, -0.1) is 5.10 Å². The highest BCUT2D eigenvalue weighted by atomic mass is 16.5. The van der Waals surface area contributed by atoms with Gasteiger partial charge >= 0.3 is 5.97 Å². The van der Waals surface area contributed by atoms with E-state index in [0.717, 1.165) is 6.61 Å². The average molecular weight is 311 g/mol. The standard InChI is InChI=1S/C17H17N3O3/c21-15(22)11-2-1-8-18-14(11)20-9-3-13(19-20)23-10-12-16(4-5-16)17(12)6-7-17/h1-3,8-9,12H,4-7,10H2,(H,21,22). The van der Waals surface area contributed by atoms with Crippen molar-refractivity contribution in [2.45, 2.75) is 25.7 Å². The van der Waals surface area contributed by atoms with E-state index >= 15 is 0 Å². The molecule has 0 aliphatic heterocycles. The maximum absolute atomic E-state index is 11.3. The lowest BCUT2D eigenvalue weighted by Gasteiger charge is -2.04. The van der Waals surface area contributed by atoms with Gasteiger partial charge in [-0.3, -0.25) is 0 Å². The number of fused-ring (bicyclic) bond motifs is 1. The van der Waals surface area contributed by atoms with E-state index in [9.17, 15) is 9.90 Å². The number of ether oxygens (including phenoxy) is 1. The van der Waals surface area contributed by atoms with Gasteiger partial charge in [-0.05, 0) is 48.6 Å². The first-order valence-electron chi connectivity index (χ1n) is 8.03. The number of carboxylic acids is 1. The third-order valence-electron chi connectivity index (χ3n) is 6.02. The van der Waals surface area contributed by atoms with E-state index in [1.165, 1.54) is 36.4 Å². The lowest BCUT2D eigenvalue weighted by atomic mass is 10.2. The van der Waals surface area contributed by atoms with Crippen LogP contribution in [-0.2, 0) is 0 Å². The van der Waals surface area contributed by atoms with E-state index in [1.807, 2.05) is 0 Å². The Bertz CT molecular complexity index is 787. The third-order valence-corrected chi connectivity index (χ3v) is 6.02. The molecule has 2 heterocycles. The highest BCUT2D eigenvalue weighted by molar-refractivity contribution is 5.90. The zero-order valence-corrected chi connectivity index (χ0v) is 12.6. The fourth-order valence-corrected chi connectivity index (χ4v) is 4.54. The molecular weight excluding hydrogens is 294 g/mol. The Morgan fingerprint density at radius 3 is 2.70 bits per heavy atom. The Morgan fingerprint density at radius 1 is 1.30 bits per heavy atom. The first kappa shape index (κ1) is 13.1. The number of carboxylic acid groups (broad SMARTS) is 1. The molecular formula is C17H17N3O3. The summed E-state index contributed by atoms with van der Waals surface area (Å²) in [5.74, 6) is 0.518. The molecule has 2 aromatic heterocycles. The Kier molecular flexibility index (Phi) is 2.35. The summed E-state index contributed by atoms with van der Waals surface area (Å²) in [6.45, 7) is 0.727. The second kappa shape index (κ2) is 4.13. The molecule has 118 valence electrons. The van der Waals surface area contributed by atoms with Crippen LogP contribution >= 0.6 is 0 Å². The zero-order chi connectivity index (χ0) is 15.7. The molecule has 5 rings (SSSR count). The van der Waals surface area contributed by atoms with Crippen molar-refractivity contribution in [1.29, 1.82) is 0 Å². The Hall–Kier alpha value is -2.37. The van der Waals surface area contributed by atoms with Crippen LogP contribution in [-0.4, -0.2) is 32.4 Å². The molecule has 23 heavy (non-hydrogen) atoms. The summed E-state index contributed by atoms with van der Waals surface area (Å²) < 4.78 is 7.34. The number of aromatic nitrogens is 3. The molecule has 0 aromatic carbocycles. The van der Waals surface area contributed by atoms with Gasteiger partial charge in [0.05, 0.1) is 6.61 Å². The minimum absolute atomic E-state index is 0.123. The van der Waals surface area contributed by atoms with Crippen molar-refractivity contribution in [1.82, 2.24) is 14.8 Å². The molecule has 1 N–H and O–H groups in total. The summed E-state index contributed by atoms with van der Waals surface area (Å²) >= 11 is 0. The van der Waals surface area contributed by atoms with E-state index in [1.54, 1.807) is 24.5 Å². The molecule has 6 heteroatoms. The highest BCUT2D eigenvalue weighted by Gasteiger charge is 2.86. The smallest absolute Gasteiger partial charge is 0.339 e. The van der Waals surface area contributed by atoms with Crippen molar-refractivity contribution in [2.75, 3.05) is 6.61 Å². The topological polar surface area (TPSA) is 77.2 Å². The second-order valence-corrected chi connectivity index (χ2v) is 6.95. The lowest BCUT2D eigenvalue weighted by Crippen LogP contribution is -2.08. The van der Waals surface area contributed by atoms with Gasteiger partial charge in [0.15, 0.2) is 5.82 Å². The van der Waals surface area contributed by atoms with Crippen molar-refractivity contribution in [3.63, 3.8) is 0 Å². The molecule has 6 nitrogen and oxygen atoms in total. The van der Waals surface area contributed by atoms with E-state index in [-0.39, 0.29) is 5.56 Å². The molecule has 3 aliphatic carbocycles. The molecule has 0 saturated heterocycles. The molecule has 0 atom stereocenters. The first-order valence-corrected chi connectivity index (χ1v) is 8.03. The van der Waals surface area contributed by atoms with Gasteiger partial charge in [-0.25, -0.2) is 14.5 Å². The van der Waals surface area contributed by atoms with Crippen molar-refractivity contribution in [3.8, 4) is 11.7 Å². The van der Waals surface area contributed by atoms with Crippen LogP contribution < -0.4 is 4.74 Å². The minimum Gasteiger partial charge on any atom is -0.478 e. The van der Waals surface area contributed by atoms with Gasteiger partial charge in [0.1, 0.15) is 5.56 Å². The summed E-state index contributed by atoms with van der Waals surface area (Å²) in [4.78, 5) is 15.4. The minimum atomic E-state index is -1.02. The monoisotopic (exact) mass is 311 g/mol. The summed E-state index contributed by atoms with van der Waals surface area (Å²) in [5.41, 5.74) is 1.36. The normalized spacial score (nSPS) is 22.3. The van der Waals surface area contributed by atoms with Gasteiger partial charge in [0.25, 0.3) is 0 Å². The van der Waals surface area contributed by atoms with Gasteiger partial charge in [0.2, 0.25) is 5.88 Å². The van der Waals surface area contributed by atoms with Gasteiger partial charge in [-0.1, -0.05) is 0 Å². The molecule has 2 aromatic rings. The first-order chi connectivity index (χ1) is 11.2. The van der Waals surface area contributed by atoms with Crippen LogP contribution in [0.1, 0.15) is 36.0 Å². The van der Waals surface area contributed by atoms with Crippen LogP contribution in [0.15, 0.2) is 30.6 Å². The Morgan fingerprint density at radius 2 is 2.04 bits per heavy atom. The fraction of sp³-hybridized carbons (Fsp3) is 0.471. The van der Waals surface area contributed by atoms with Crippen LogP contribution in [0.2, 0.25) is 0 Å². The van der Waals surface area contributed by atoms with Crippen molar-refractivity contribution < 1.29 is 14.6 Å². The van der Waals surface area contributed by atoms with Crippen LogP contribution in [0.3, 0.4) is 0 Å². The van der Waals surface area contributed by atoms with Crippen LogP contribution in [0.5, 0.6) is 5.88 Å². The van der Waals surface area contributed by atoms with Crippen molar-refractivity contribution >= 4 is 5.97 Å². The molecule has 0 bridgehead atoms. The molecule has 2 spiro atoms. The average Bonchev–Trinajstić information content (AvgIpc) is 3.50. The maximum atomic E-state index is 11.3. The number of hydrogen-bond acceptors (Lipinski definition) is 4. The number of carbonyl (C=O) groups is 1. The summed E-state index contributed by atoms with van der Waals surface area (Å²) in [7, 11) is 0. The Balaban J connectivity index is 1.32. The van der Waals surface area contributed by atoms with Crippen LogP contribution in [0.25, 0.3) is 5.82 Å². The van der Waals surface area contributed by atoms with E-state index in [4.69, 9.17) is 4.74 Å². The summed E-state index contributed by atoms with van der Waals surface area (Å²) in [6, 6.07) is 4.89. The number of aromatic carboxylic acids is 1. The lowest BCUT2D eigenvalue weighted by molar-refractivity contribution is 0.0696. The second-order valence-electron chi connectivity index (χ2n) is 6.95. The van der Waals surface area contributed by atoms with Crippen molar-refractivity contribution in [3.05, 3.63) is 36.2 Å². The number of pyridine rings is 1. The van der Waals surface area contributed by atoms with Crippen LogP contribution in [0.4, 0.5) is 0 Å². The quantitative estimate of drug-likeness (QED) is 0.918. The predicted octanol–water partition coefficient (Wildman–Crippen LogP) is 2.53. The van der Waals surface area contributed by atoms with E-state index in [2.05, 4.69) is 10.1 Å². The van der Waals surface area contributed by atoms with Crippen LogP contribution in [0, 0.1) is 16.7 Å². The summed E-state index contributed by atoms with van der Waals surface area (Å²) in [6.07, 6.45) is 8.71. The van der Waals surface area contributed by atoms with E-state index in [0.29, 0.717) is 28.4 Å². The number of hydrogen-bond donors (Lipinski definition) is 1. The third kappa shape index (κ3) is 1.72. The SMILES string of the molecule is O=C(O)c1cccnc1-n1ccc(OCC2C3(CC3)C23CC3)n1.